The van der Waals surface area contributed by atoms with E-state index in [1.54, 1.807) is 37.4 Å². The molecule has 0 saturated carbocycles. The number of ether oxygens (including phenoxy) is 1. The quantitative estimate of drug-likeness (QED) is 0.337. The molecule has 0 aliphatic carbocycles. The molecule has 2 unspecified atom stereocenters. The Bertz CT molecular complexity index is 793. The van der Waals surface area contributed by atoms with Gasteiger partial charge < -0.3 is 20.3 Å². The van der Waals surface area contributed by atoms with Crippen molar-refractivity contribution in [3.8, 4) is 0 Å². The Morgan fingerprint density at radius 2 is 1.71 bits per heavy atom. The highest BCUT2D eigenvalue weighted by Crippen LogP contribution is 2.24. The minimum Gasteiger partial charge on any atom is -0.444 e. The average molecular weight is 508 g/mol. The molecule has 8 heteroatoms. The lowest BCUT2D eigenvalue weighted by Crippen LogP contribution is -2.53. The molecule has 1 rings (SSSR count). The Morgan fingerprint density at radius 1 is 1.06 bits per heavy atom. The maximum absolute atomic E-state index is 13.9. The highest BCUT2D eigenvalue weighted by molar-refractivity contribution is 7.98. The second-order valence-electron chi connectivity index (χ2n) is 9.82. The summed E-state index contributed by atoms with van der Waals surface area (Å²) in [4.78, 5) is 41.5. The van der Waals surface area contributed by atoms with Crippen LogP contribution in [0.15, 0.2) is 24.3 Å². The first kappa shape index (κ1) is 30.8. The summed E-state index contributed by atoms with van der Waals surface area (Å²) in [6, 6.07) is 6.14. The minimum atomic E-state index is -0.787. The number of benzene rings is 1. The first-order valence-electron chi connectivity index (χ1n) is 12.7. The van der Waals surface area contributed by atoms with Crippen LogP contribution in [0, 0.1) is 6.92 Å². The number of hydrogen-bond donors (Lipinski definition) is 2. The van der Waals surface area contributed by atoms with Crippen LogP contribution in [0.25, 0.3) is 0 Å². The van der Waals surface area contributed by atoms with Crippen molar-refractivity contribution in [2.24, 2.45) is 0 Å². The van der Waals surface area contributed by atoms with Gasteiger partial charge in [-0.1, -0.05) is 56.5 Å². The molecule has 35 heavy (non-hydrogen) atoms. The summed E-state index contributed by atoms with van der Waals surface area (Å²) in [5.74, 6) is 0.207. The maximum atomic E-state index is 13.9. The molecular formula is C27H45N3O4S. The van der Waals surface area contributed by atoms with Crippen LogP contribution in [0.2, 0.25) is 0 Å². The van der Waals surface area contributed by atoms with Crippen molar-refractivity contribution in [2.45, 2.75) is 91.3 Å². The Kier molecular flexibility index (Phi) is 13.8. The molecule has 198 valence electrons. The van der Waals surface area contributed by atoms with Gasteiger partial charge in [-0.3, -0.25) is 9.59 Å². The third-order valence-electron chi connectivity index (χ3n) is 5.38. The summed E-state index contributed by atoms with van der Waals surface area (Å²) in [6.45, 7) is 12.4. The molecule has 0 saturated heterocycles. The van der Waals surface area contributed by atoms with Gasteiger partial charge in [-0.05, 0) is 64.5 Å². The van der Waals surface area contributed by atoms with Gasteiger partial charge >= 0.3 is 6.09 Å². The van der Waals surface area contributed by atoms with Gasteiger partial charge in [0.2, 0.25) is 11.8 Å². The third kappa shape index (κ3) is 11.4. The summed E-state index contributed by atoms with van der Waals surface area (Å²) in [7, 11) is 0. The first-order chi connectivity index (χ1) is 16.5. The SMILES string of the molecule is CCCCCNC(=O)C(c1ccc(C)cc1)N(CCC)C(=O)C(CCSC)NC(=O)OC(C)(C)C. The lowest BCUT2D eigenvalue weighted by atomic mass is 10.0. The Hall–Kier alpha value is -2.22. The summed E-state index contributed by atoms with van der Waals surface area (Å²) >= 11 is 1.60. The number of nitrogens with one attached hydrogen (secondary N) is 2. The van der Waals surface area contributed by atoms with Crippen molar-refractivity contribution in [1.82, 2.24) is 15.5 Å². The highest BCUT2D eigenvalue weighted by Gasteiger charge is 2.35. The predicted octanol–water partition coefficient (Wildman–Crippen LogP) is 5.23. The highest BCUT2D eigenvalue weighted by atomic mass is 32.2. The lowest BCUT2D eigenvalue weighted by molar-refractivity contribution is -0.142. The molecule has 1 aromatic carbocycles. The normalized spacial score (nSPS) is 13.0. The van der Waals surface area contributed by atoms with Gasteiger partial charge in [-0.15, -0.1) is 0 Å². The van der Waals surface area contributed by atoms with Crippen molar-refractivity contribution in [3.05, 3.63) is 35.4 Å². The molecule has 1 aromatic rings. The number of amides is 3. The molecule has 0 aliphatic rings. The maximum Gasteiger partial charge on any atom is 0.408 e. The van der Waals surface area contributed by atoms with E-state index < -0.39 is 23.8 Å². The molecule has 0 fully saturated rings. The van der Waals surface area contributed by atoms with Crippen LogP contribution < -0.4 is 10.6 Å². The van der Waals surface area contributed by atoms with Crippen LogP contribution >= 0.6 is 11.8 Å². The van der Waals surface area contributed by atoms with Gasteiger partial charge in [0.1, 0.15) is 17.7 Å². The number of thioether (sulfide) groups is 1. The summed E-state index contributed by atoms with van der Waals surface area (Å²) < 4.78 is 5.41. The van der Waals surface area contributed by atoms with Crippen molar-refractivity contribution in [3.63, 3.8) is 0 Å². The predicted molar refractivity (Wildman–Crippen MR) is 145 cm³/mol. The van der Waals surface area contributed by atoms with Crippen LogP contribution in [0.5, 0.6) is 0 Å². The van der Waals surface area contributed by atoms with Gasteiger partial charge in [0, 0.05) is 13.1 Å². The van der Waals surface area contributed by atoms with E-state index >= 15 is 0 Å². The fraction of sp³-hybridized carbons (Fsp3) is 0.667. The van der Waals surface area contributed by atoms with E-state index in [4.69, 9.17) is 4.74 Å². The van der Waals surface area contributed by atoms with Crippen molar-refractivity contribution in [2.75, 3.05) is 25.1 Å². The van der Waals surface area contributed by atoms with Crippen molar-refractivity contribution < 1.29 is 19.1 Å². The minimum absolute atomic E-state index is 0.201. The van der Waals surface area contributed by atoms with E-state index in [2.05, 4.69) is 17.6 Å². The van der Waals surface area contributed by atoms with E-state index in [1.165, 1.54) is 0 Å². The molecule has 2 N–H and O–H groups in total. The third-order valence-corrected chi connectivity index (χ3v) is 6.02. The number of rotatable bonds is 14. The Labute approximate surface area is 216 Å². The smallest absolute Gasteiger partial charge is 0.408 e. The molecule has 7 nitrogen and oxygen atoms in total. The lowest BCUT2D eigenvalue weighted by Gasteiger charge is -2.34. The van der Waals surface area contributed by atoms with Crippen LogP contribution in [0.4, 0.5) is 4.79 Å². The molecule has 0 aliphatic heterocycles. The molecule has 0 heterocycles. The number of aryl methyl sites for hydroxylation is 1. The van der Waals surface area contributed by atoms with Gasteiger partial charge in [-0.25, -0.2) is 4.79 Å². The second-order valence-corrected chi connectivity index (χ2v) is 10.8. The molecule has 0 spiro atoms. The standard InChI is InChI=1S/C27H45N3O4S/c1-8-10-11-17-28-24(31)23(21-14-12-20(3)13-15-21)30(18-9-2)25(32)22(16-19-35-7)29-26(33)34-27(4,5)6/h12-15,22-23H,8-11,16-19H2,1-7H3,(H,28,31)(H,29,33). The number of alkyl carbamates (subject to hydrolysis) is 1. The second kappa shape index (κ2) is 15.7. The number of unbranched alkanes of at least 4 members (excludes halogenated alkanes) is 2. The Balaban J connectivity index is 3.29. The fourth-order valence-corrected chi connectivity index (χ4v) is 4.13. The zero-order chi connectivity index (χ0) is 26.4. The largest absolute Gasteiger partial charge is 0.444 e. The average Bonchev–Trinajstić information content (AvgIpc) is 2.78. The monoisotopic (exact) mass is 507 g/mol. The molecule has 3 amide bonds. The summed E-state index contributed by atoms with van der Waals surface area (Å²) in [6.07, 6.45) is 5.43. The number of carbonyl (C=O) groups excluding carboxylic acids is 3. The topological polar surface area (TPSA) is 87.7 Å². The Morgan fingerprint density at radius 3 is 2.26 bits per heavy atom. The van der Waals surface area contributed by atoms with Crippen molar-refractivity contribution in [1.29, 1.82) is 0 Å². The van der Waals surface area contributed by atoms with E-state index in [-0.39, 0.29) is 11.8 Å². The summed E-state index contributed by atoms with van der Waals surface area (Å²) in [5, 5.41) is 5.79. The zero-order valence-electron chi connectivity index (χ0n) is 22.6. The van der Waals surface area contributed by atoms with Crippen molar-refractivity contribution >= 4 is 29.7 Å². The molecule has 2 atom stereocenters. The number of hydrogen-bond acceptors (Lipinski definition) is 5. The molecule has 0 bridgehead atoms. The molecular weight excluding hydrogens is 462 g/mol. The van der Waals surface area contributed by atoms with Crippen LogP contribution in [0.1, 0.15) is 83.9 Å². The van der Waals surface area contributed by atoms with E-state index in [9.17, 15) is 14.4 Å². The molecule has 0 radical (unpaired) electrons. The first-order valence-corrected chi connectivity index (χ1v) is 14.1. The van der Waals surface area contributed by atoms with Gasteiger partial charge in [0.15, 0.2) is 0 Å². The van der Waals surface area contributed by atoms with Crippen LogP contribution in [0.3, 0.4) is 0 Å². The summed E-state index contributed by atoms with van der Waals surface area (Å²) in [5.41, 5.74) is 1.16. The fourth-order valence-electron chi connectivity index (χ4n) is 3.66. The van der Waals surface area contributed by atoms with Crippen LogP contribution in [-0.2, 0) is 14.3 Å². The van der Waals surface area contributed by atoms with Gasteiger partial charge in [0.25, 0.3) is 0 Å². The van der Waals surface area contributed by atoms with Crippen LogP contribution in [-0.4, -0.2) is 59.5 Å². The van der Waals surface area contributed by atoms with Gasteiger partial charge in [0.05, 0.1) is 0 Å². The van der Waals surface area contributed by atoms with E-state index in [0.717, 1.165) is 30.4 Å². The van der Waals surface area contributed by atoms with Gasteiger partial charge in [-0.2, -0.15) is 11.8 Å². The zero-order valence-corrected chi connectivity index (χ0v) is 23.4. The number of carbonyl (C=O) groups is 3. The number of nitrogens with zero attached hydrogens (tertiary/aromatic N) is 1. The van der Waals surface area contributed by atoms with E-state index in [1.807, 2.05) is 44.4 Å². The van der Waals surface area contributed by atoms with E-state index in [0.29, 0.717) is 31.7 Å². The molecule has 0 aromatic heterocycles.